The van der Waals surface area contributed by atoms with Gasteiger partial charge in [-0.2, -0.15) is 4.98 Å². The van der Waals surface area contributed by atoms with Crippen molar-refractivity contribution in [2.24, 2.45) is 5.73 Å². The zero-order valence-corrected chi connectivity index (χ0v) is 21.1. The van der Waals surface area contributed by atoms with Gasteiger partial charge < -0.3 is 16.0 Å². The number of aryl methyl sites for hydroxylation is 1. The maximum absolute atomic E-state index is 12.7. The molecule has 3 heterocycles. The van der Waals surface area contributed by atoms with Gasteiger partial charge in [0.2, 0.25) is 5.95 Å². The third-order valence-electron chi connectivity index (χ3n) is 6.46. The minimum Gasteiger partial charge on any atom is -0.351 e. The molecule has 0 aliphatic heterocycles. The average molecular weight is 504 g/mol. The van der Waals surface area contributed by atoms with Gasteiger partial charge in [0.1, 0.15) is 5.65 Å². The summed E-state index contributed by atoms with van der Waals surface area (Å²) in [7, 11) is 0. The average Bonchev–Trinajstić information content (AvgIpc) is 3.69. The molecule has 8 nitrogen and oxygen atoms in total. The molecule has 4 N–H and O–H groups in total. The number of fused-ring (bicyclic) bond motifs is 1. The molecule has 1 aromatic carbocycles. The Kier molecular flexibility index (Phi) is 7.25. The number of halogens is 1. The summed E-state index contributed by atoms with van der Waals surface area (Å²) in [6.45, 7) is 1.88. The summed E-state index contributed by atoms with van der Waals surface area (Å²) in [4.78, 5) is 32.9. The molecule has 2 fully saturated rings. The summed E-state index contributed by atoms with van der Waals surface area (Å²) < 4.78 is 0. The van der Waals surface area contributed by atoms with Crippen molar-refractivity contribution in [3.05, 3.63) is 63.9 Å². The molecule has 0 saturated heterocycles. The van der Waals surface area contributed by atoms with E-state index in [0.29, 0.717) is 39.8 Å². The van der Waals surface area contributed by atoms with E-state index in [-0.39, 0.29) is 5.56 Å². The quantitative estimate of drug-likeness (QED) is 0.347. The molecule has 4 aromatic rings. The minimum atomic E-state index is -0.251. The van der Waals surface area contributed by atoms with E-state index in [9.17, 15) is 4.79 Å². The summed E-state index contributed by atoms with van der Waals surface area (Å²) in [5.74, 6) is 0.532. The van der Waals surface area contributed by atoms with Crippen LogP contribution < -0.4 is 16.6 Å². The zero-order valence-electron chi connectivity index (χ0n) is 20.3. The first-order valence-corrected chi connectivity index (χ1v) is 12.9. The summed E-state index contributed by atoms with van der Waals surface area (Å²) in [5.41, 5.74) is 9.38. The third-order valence-corrected chi connectivity index (χ3v) is 6.78. The van der Waals surface area contributed by atoms with Crippen molar-refractivity contribution in [3.63, 3.8) is 0 Å². The lowest BCUT2D eigenvalue weighted by Gasteiger charge is -2.15. The first kappa shape index (κ1) is 24.3. The second-order valence-electron chi connectivity index (χ2n) is 9.57. The van der Waals surface area contributed by atoms with Gasteiger partial charge in [-0.25, -0.2) is 9.97 Å². The molecular formula is C27H30ClN7O. The molecule has 0 bridgehead atoms. The highest BCUT2D eigenvalue weighted by molar-refractivity contribution is 6.33. The van der Waals surface area contributed by atoms with Crippen molar-refractivity contribution in [1.29, 1.82) is 0 Å². The number of hydrogen-bond acceptors (Lipinski definition) is 7. The molecule has 0 radical (unpaired) electrons. The molecule has 0 spiro atoms. The highest BCUT2D eigenvalue weighted by Gasteiger charge is 2.22. The van der Waals surface area contributed by atoms with Crippen LogP contribution >= 0.6 is 11.6 Å². The zero-order chi connectivity index (χ0) is 25.1. The maximum Gasteiger partial charge on any atom is 0.257 e. The van der Waals surface area contributed by atoms with Crippen LogP contribution in [0.1, 0.15) is 50.6 Å². The summed E-state index contributed by atoms with van der Waals surface area (Å²) in [6, 6.07) is 8.24. The molecule has 2 aliphatic rings. The summed E-state index contributed by atoms with van der Waals surface area (Å²) in [5, 5.41) is 4.44. The number of nitrogens with two attached hydrogens (primary N) is 1. The lowest BCUT2D eigenvalue weighted by Crippen LogP contribution is -2.22. The monoisotopic (exact) mass is 503 g/mol. The highest BCUT2D eigenvalue weighted by atomic mass is 35.5. The van der Waals surface area contributed by atoms with Crippen LogP contribution in [0, 0.1) is 6.92 Å². The Balaban J connectivity index is 0.000000330. The van der Waals surface area contributed by atoms with Gasteiger partial charge in [0.15, 0.2) is 0 Å². The normalized spacial score (nSPS) is 15.9. The summed E-state index contributed by atoms with van der Waals surface area (Å²) >= 11 is 6.52. The molecule has 2 aliphatic carbocycles. The number of H-pyrrole nitrogens is 1. The van der Waals surface area contributed by atoms with Crippen LogP contribution in [0.2, 0.25) is 5.02 Å². The molecule has 3 aromatic heterocycles. The van der Waals surface area contributed by atoms with E-state index in [1.807, 2.05) is 19.1 Å². The maximum atomic E-state index is 12.7. The van der Waals surface area contributed by atoms with Gasteiger partial charge >= 0.3 is 0 Å². The Bertz CT molecular complexity index is 1430. The fourth-order valence-electron chi connectivity index (χ4n) is 4.30. The van der Waals surface area contributed by atoms with Crippen LogP contribution in [-0.4, -0.2) is 37.0 Å². The van der Waals surface area contributed by atoms with Crippen LogP contribution in [0.3, 0.4) is 0 Å². The van der Waals surface area contributed by atoms with Crippen LogP contribution in [0.5, 0.6) is 0 Å². The van der Waals surface area contributed by atoms with Crippen molar-refractivity contribution in [2.75, 3.05) is 5.32 Å². The number of aromatic amines is 1. The predicted octanol–water partition coefficient (Wildman–Crippen LogP) is 5.26. The SMILES string of the molecule is Cc1cncc(-c2ccc(-c3cc4cnc(NC5CC5)nc4[nH]c3=O)c(Cl)c2)n1.NC1CCCCC1. The van der Waals surface area contributed by atoms with Gasteiger partial charge in [0.25, 0.3) is 5.56 Å². The molecule has 0 atom stereocenters. The standard InChI is InChI=1S/C21H17ClN6O.C6H13N/c1-11-8-23-10-18(25-11)12-2-5-15(17(22)7-12)16-6-13-9-24-21(26-14-3-4-14)28-19(13)27-20(16)29;7-6-4-2-1-3-5-6/h2,5-10,14H,3-4H2,1H3,(H2,24,26,27,28,29);6H,1-5,7H2. The van der Waals surface area contributed by atoms with Crippen molar-refractivity contribution in [3.8, 4) is 22.4 Å². The van der Waals surface area contributed by atoms with Crippen LogP contribution in [0.15, 0.2) is 47.7 Å². The van der Waals surface area contributed by atoms with Gasteiger partial charge in [-0.3, -0.25) is 9.78 Å². The first-order valence-electron chi connectivity index (χ1n) is 12.5. The second kappa shape index (κ2) is 10.7. The molecule has 0 amide bonds. The molecule has 9 heteroatoms. The third kappa shape index (κ3) is 5.88. The van der Waals surface area contributed by atoms with Crippen molar-refractivity contribution >= 4 is 28.6 Å². The molecule has 6 rings (SSSR count). The summed E-state index contributed by atoms with van der Waals surface area (Å²) in [6.07, 6.45) is 14.0. The molecular weight excluding hydrogens is 474 g/mol. The molecule has 2 saturated carbocycles. The number of nitrogens with zero attached hydrogens (tertiary/aromatic N) is 4. The Morgan fingerprint density at radius 3 is 2.47 bits per heavy atom. The number of nitrogens with one attached hydrogen (secondary N) is 2. The fourth-order valence-corrected chi connectivity index (χ4v) is 4.58. The van der Waals surface area contributed by atoms with Gasteiger partial charge in [-0.15, -0.1) is 0 Å². The van der Waals surface area contributed by atoms with E-state index in [2.05, 4.69) is 30.2 Å². The lowest BCUT2D eigenvalue weighted by molar-refractivity contribution is 0.441. The topological polar surface area (TPSA) is 122 Å². The van der Waals surface area contributed by atoms with Gasteiger partial charge in [0.05, 0.1) is 17.6 Å². The number of rotatable bonds is 4. The van der Waals surface area contributed by atoms with Crippen LogP contribution in [-0.2, 0) is 0 Å². The molecule has 0 unspecified atom stereocenters. The van der Waals surface area contributed by atoms with E-state index >= 15 is 0 Å². The van der Waals surface area contributed by atoms with E-state index in [1.165, 1.54) is 32.1 Å². The number of aromatic nitrogens is 5. The van der Waals surface area contributed by atoms with Gasteiger partial charge in [-0.05, 0) is 44.7 Å². The predicted molar refractivity (Wildman–Crippen MR) is 144 cm³/mol. The van der Waals surface area contributed by atoms with Gasteiger partial charge in [-0.1, -0.05) is 43.0 Å². The van der Waals surface area contributed by atoms with Crippen LogP contribution in [0.25, 0.3) is 33.4 Å². The number of pyridine rings is 1. The van der Waals surface area contributed by atoms with E-state index < -0.39 is 0 Å². The number of benzene rings is 1. The van der Waals surface area contributed by atoms with Gasteiger partial charge in [0, 0.05) is 51.6 Å². The Morgan fingerprint density at radius 1 is 1.00 bits per heavy atom. The number of anilines is 1. The number of hydrogen-bond donors (Lipinski definition) is 3. The van der Waals surface area contributed by atoms with E-state index in [0.717, 1.165) is 35.2 Å². The van der Waals surface area contributed by atoms with E-state index in [4.69, 9.17) is 17.3 Å². The Hall–Kier alpha value is -3.36. The molecule has 36 heavy (non-hydrogen) atoms. The van der Waals surface area contributed by atoms with E-state index in [1.54, 1.807) is 30.7 Å². The minimum absolute atomic E-state index is 0.251. The molecule has 186 valence electrons. The highest BCUT2D eigenvalue weighted by Crippen LogP contribution is 2.31. The second-order valence-corrected chi connectivity index (χ2v) is 9.97. The van der Waals surface area contributed by atoms with Crippen molar-refractivity contribution in [2.45, 2.75) is 64.0 Å². The smallest absolute Gasteiger partial charge is 0.257 e. The Labute approximate surface area is 214 Å². The van der Waals surface area contributed by atoms with Crippen LogP contribution in [0.4, 0.5) is 5.95 Å². The largest absolute Gasteiger partial charge is 0.351 e. The Morgan fingerprint density at radius 2 is 1.81 bits per heavy atom. The van der Waals surface area contributed by atoms with Crippen molar-refractivity contribution in [1.82, 2.24) is 24.9 Å². The lowest BCUT2D eigenvalue weighted by atomic mass is 9.97. The van der Waals surface area contributed by atoms with Crippen molar-refractivity contribution < 1.29 is 0 Å². The fraction of sp³-hybridized carbons (Fsp3) is 0.370. The first-order chi connectivity index (χ1) is 17.5.